The molecule has 1 aliphatic heterocycles. The van der Waals surface area contributed by atoms with Crippen molar-refractivity contribution in [2.45, 2.75) is 26.2 Å². The van der Waals surface area contributed by atoms with Crippen molar-refractivity contribution in [1.29, 1.82) is 0 Å². The van der Waals surface area contributed by atoms with Crippen LogP contribution in [0.5, 0.6) is 0 Å². The number of piperazine rings is 1. The molecule has 0 aromatic heterocycles. The number of hydrogen-bond donors (Lipinski definition) is 2. The molecule has 0 radical (unpaired) electrons. The largest absolute Gasteiger partial charge is 0.356 e. The van der Waals surface area contributed by atoms with Gasteiger partial charge in [0, 0.05) is 39.1 Å². The van der Waals surface area contributed by atoms with E-state index < -0.39 is 0 Å². The lowest BCUT2D eigenvalue weighted by Gasteiger charge is -2.26. The molecule has 1 fully saturated rings. The van der Waals surface area contributed by atoms with E-state index in [0.717, 1.165) is 52.1 Å². The number of nitrogens with one attached hydrogen (secondary N) is 2. The number of rotatable bonds is 6. The molecule has 2 N–H and O–H groups in total. The van der Waals surface area contributed by atoms with Crippen molar-refractivity contribution in [2.75, 3.05) is 39.3 Å². The molecule has 1 rings (SSSR count). The molecule has 0 aromatic rings. The summed E-state index contributed by atoms with van der Waals surface area (Å²) in [4.78, 5) is 13.7. The Bertz CT molecular complexity index is 179. The number of carbonyl (C=O) groups excluding carboxylic acids is 1. The summed E-state index contributed by atoms with van der Waals surface area (Å²) in [5, 5.41) is 6.22. The number of amides is 1. The van der Waals surface area contributed by atoms with E-state index in [4.69, 9.17) is 0 Å². The summed E-state index contributed by atoms with van der Waals surface area (Å²) < 4.78 is 0. The lowest BCUT2D eigenvalue weighted by atomic mass is 10.2. The van der Waals surface area contributed by atoms with Crippen molar-refractivity contribution >= 4 is 5.91 Å². The van der Waals surface area contributed by atoms with Gasteiger partial charge in [0.15, 0.2) is 0 Å². The predicted octanol–water partition coefficient (Wildman–Crippen LogP) is 0.198. The van der Waals surface area contributed by atoms with Crippen LogP contribution in [0.4, 0.5) is 0 Å². The van der Waals surface area contributed by atoms with E-state index >= 15 is 0 Å². The van der Waals surface area contributed by atoms with Crippen LogP contribution < -0.4 is 10.6 Å². The standard InChI is InChI=1S/C11H23N3O/c1-2-5-13-11(15)4-3-8-14-9-6-12-7-10-14/h12H,2-10H2,1H3,(H,13,15). The van der Waals surface area contributed by atoms with Crippen LogP contribution in [-0.4, -0.2) is 50.1 Å². The molecule has 0 spiro atoms. The minimum Gasteiger partial charge on any atom is -0.356 e. The molecule has 1 amide bonds. The third-order valence-corrected chi connectivity index (χ3v) is 2.66. The highest BCUT2D eigenvalue weighted by Crippen LogP contribution is 1.97. The molecule has 0 atom stereocenters. The summed E-state index contributed by atoms with van der Waals surface area (Å²) in [6.45, 7) is 8.35. The van der Waals surface area contributed by atoms with Crippen LogP contribution in [0.3, 0.4) is 0 Å². The zero-order valence-electron chi connectivity index (χ0n) is 9.72. The van der Waals surface area contributed by atoms with Crippen molar-refractivity contribution in [1.82, 2.24) is 15.5 Å². The number of hydrogen-bond acceptors (Lipinski definition) is 3. The van der Waals surface area contributed by atoms with Crippen molar-refractivity contribution in [2.24, 2.45) is 0 Å². The quantitative estimate of drug-likeness (QED) is 0.662. The molecule has 15 heavy (non-hydrogen) atoms. The van der Waals surface area contributed by atoms with Gasteiger partial charge < -0.3 is 15.5 Å². The highest BCUT2D eigenvalue weighted by Gasteiger charge is 2.09. The lowest BCUT2D eigenvalue weighted by molar-refractivity contribution is -0.121. The normalized spacial score (nSPS) is 17.7. The second-order valence-electron chi connectivity index (χ2n) is 4.05. The van der Waals surface area contributed by atoms with E-state index in [1.54, 1.807) is 0 Å². The van der Waals surface area contributed by atoms with Gasteiger partial charge in [-0.25, -0.2) is 0 Å². The Kier molecular flexibility index (Phi) is 6.36. The zero-order valence-corrected chi connectivity index (χ0v) is 9.72. The first-order valence-corrected chi connectivity index (χ1v) is 6.02. The summed E-state index contributed by atoms with van der Waals surface area (Å²) in [6, 6.07) is 0. The monoisotopic (exact) mass is 213 g/mol. The Balaban J connectivity index is 1.97. The maximum atomic E-state index is 11.3. The second-order valence-corrected chi connectivity index (χ2v) is 4.05. The SMILES string of the molecule is CCCNC(=O)CCCN1CCNCC1. The van der Waals surface area contributed by atoms with Crippen molar-refractivity contribution in [3.63, 3.8) is 0 Å². The maximum absolute atomic E-state index is 11.3. The molecule has 1 saturated heterocycles. The highest BCUT2D eigenvalue weighted by atomic mass is 16.1. The minimum atomic E-state index is 0.201. The fourth-order valence-electron chi connectivity index (χ4n) is 1.75. The summed E-state index contributed by atoms with van der Waals surface area (Å²) in [5.74, 6) is 0.201. The first-order chi connectivity index (χ1) is 7.33. The third kappa shape index (κ3) is 5.74. The van der Waals surface area contributed by atoms with Crippen molar-refractivity contribution < 1.29 is 4.79 Å². The van der Waals surface area contributed by atoms with Crippen LogP contribution in [0.15, 0.2) is 0 Å². The molecule has 0 saturated carbocycles. The second kappa shape index (κ2) is 7.65. The molecular formula is C11H23N3O. The van der Waals surface area contributed by atoms with Gasteiger partial charge in [-0.1, -0.05) is 6.92 Å². The highest BCUT2D eigenvalue weighted by molar-refractivity contribution is 5.75. The van der Waals surface area contributed by atoms with Crippen LogP contribution in [0.25, 0.3) is 0 Å². The average Bonchev–Trinajstić information content (AvgIpc) is 2.28. The molecule has 0 aliphatic carbocycles. The lowest BCUT2D eigenvalue weighted by Crippen LogP contribution is -2.43. The molecule has 0 unspecified atom stereocenters. The molecule has 4 heteroatoms. The van der Waals surface area contributed by atoms with Gasteiger partial charge in [-0.15, -0.1) is 0 Å². The number of carbonyl (C=O) groups is 1. The van der Waals surface area contributed by atoms with Crippen LogP contribution in [-0.2, 0) is 4.79 Å². The van der Waals surface area contributed by atoms with Crippen LogP contribution in [0.1, 0.15) is 26.2 Å². The average molecular weight is 213 g/mol. The Morgan fingerprint density at radius 3 is 2.80 bits per heavy atom. The van der Waals surface area contributed by atoms with Crippen LogP contribution in [0.2, 0.25) is 0 Å². The van der Waals surface area contributed by atoms with Crippen LogP contribution in [0, 0.1) is 0 Å². The van der Waals surface area contributed by atoms with Crippen molar-refractivity contribution in [3.8, 4) is 0 Å². The van der Waals surface area contributed by atoms with Gasteiger partial charge >= 0.3 is 0 Å². The Labute approximate surface area is 92.4 Å². The van der Waals surface area contributed by atoms with E-state index in [-0.39, 0.29) is 5.91 Å². The summed E-state index contributed by atoms with van der Waals surface area (Å²) >= 11 is 0. The Morgan fingerprint density at radius 1 is 1.40 bits per heavy atom. The van der Waals surface area contributed by atoms with E-state index in [9.17, 15) is 4.79 Å². The smallest absolute Gasteiger partial charge is 0.220 e. The molecule has 0 bridgehead atoms. The van der Waals surface area contributed by atoms with Gasteiger partial charge in [-0.3, -0.25) is 4.79 Å². The molecular weight excluding hydrogens is 190 g/mol. The van der Waals surface area contributed by atoms with E-state index in [0.29, 0.717) is 6.42 Å². The third-order valence-electron chi connectivity index (χ3n) is 2.66. The topological polar surface area (TPSA) is 44.4 Å². The molecule has 1 heterocycles. The van der Waals surface area contributed by atoms with Gasteiger partial charge in [-0.2, -0.15) is 0 Å². The fraction of sp³-hybridized carbons (Fsp3) is 0.909. The van der Waals surface area contributed by atoms with Gasteiger partial charge in [0.05, 0.1) is 0 Å². The molecule has 4 nitrogen and oxygen atoms in total. The van der Waals surface area contributed by atoms with E-state index in [1.165, 1.54) is 0 Å². The minimum absolute atomic E-state index is 0.201. The number of nitrogens with zero attached hydrogens (tertiary/aromatic N) is 1. The molecule has 88 valence electrons. The maximum Gasteiger partial charge on any atom is 0.220 e. The Morgan fingerprint density at radius 2 is 2.13 bits per heavy atom. The zero-order chi connectivity index (χ0) is 10.9. The summed E-state index contributed by atoms with van der Waals surface area (Å²) in [7, 11) is 0. The summed E-state index contributed by atoms with van der Waals surface area (Å²) in [6.07, 6.45) is 2.67. The van der Waals surface area contributed by atoms with Crippen LogP contribution >= 0.6 is 0 Å². The molecule has 0 aromatic carbocycles. The van der Waals surface area contributed by atoms with Crippen molar-refractivity contribution in [3.05, 3.63) is 0 Å². The molecule has 1 aliphatic rings. The van der Waals surface area contributed by atoms with E-state index in [2.05, 4.69) is 22.5 Å². The van der Waals surface area contributed by atoms with Gasteiger partial charge in [0.25, 0.3) is 0 Å². The van der Waals surface area contributed by atoms with Gasteiger partial charge in [-0.05, 0) is 19.4 Å². The first kappa shape index (κ1) is 12.5. The summed E-state index contributed by atoms with van der Waals surface area (Å²) in [5.41, 5.74) is 0. The van der Waals surface area contributed by atoms with Gasteiger partial charge in [0.1, 0.15) is 0 Å². The fourth-order valence-corrected chi connectivity index (χ4v) is 1.75. The first-order valence-electron chi connectivity index (χ1n) is 6.02. The van der Waals surface area contributed by atoms with Gasteiger partial charge in [0.2, 0.25) is 5.91 Å². The predicted molar refractivity (Wildman–Crippen MR) is 61.8 cm³/mol. The Hall–Kier alpha value is -0.610. The van der Waals surface area contributed by atoms with E-state index in [1.807, 2.05) is 0 Å².